The lowest BCUT2D eigenvalue weighted by atomic mass is 9.99. The summed E-state index contributed by atoms with van der Waals surface area (Å²) < 4.78 is 68.4. The van der Waals surface area contributed by atoms with Gasteiger partial charge in [0.05, 0.1) is 26.4 Å². The molecule has 0 aliphatic heterocycles. The molecular weight excluding hydrogens is 1220 g/mol. The number of phosphoric acid groups is 2. The minimum absolute atomic E-state index is 0.102. The zero-order valence-electron chi connectivity index (χ0n) is 60.9. The summed E-state index contributed by atoms with van der Waals surface area (Å²) in [6.07, 6.45) is 47.4. The number of hydrogen-bond acceptors (Lipinski definition) is 15. The maximum atomic E-state index is 13.1. The molecule has 0 spiro atoms. The van der Waals surface area contributed by atoms with Crippen LogP contribution in [0.1, 0.15) is 370 Å². The number of phosphoric ester groups is 2. The first-order valence-electron chi connectivity index (χ1n) is 38.3. The Hall–Kier alpha value is -1.94. The molecule has 4 unspecified atom stereocenters. The Kier molecular flexibility index (Phi) is 62.2. The Bertz CT molecular complexity index is 1840. The van der Waals surface area contributed by atoms with Crippen molar-refractivity contribution in [3.8, 4) is 0 Å². The van der Waals surface area contributed by atoms with Crippen LogP contribution in [0.2, 0.25) is 0 Å². The van der Waals surface area contributed by atoms with Gasteiger partial charge in [0.15, 0.2) is 12.2 Å². The van der Waals surface area contributed by atoms with Crippen molar-refractivity contribution in [2.24, 2.45) is 23.7 Å². The van der Waals surface area contributed by atoms with Crippen LogP contribution in [0.25, 0.3) is 0 Å². The molecule has 0 fully saturated rings. The monoisotopic (exact) mass is 1370 g/mol. The van der Waals surface area contributed by atoms with Crippen molar-refractivity contribution >= 4 is 39.5 Å². The highest BCUT2D eigenvalue weighted by molar-refractivity contribution is 7.47. The fourth-order valence-corrected chi connectivity index (χ4v) is 12.7. The zero-order valence-corrected chi connectivity index (χ0v) is 62.7. The molecule has 0 bridgehead atoms. The van der Waals surface area contributed by atoms with E-state index in [1.54, 1.807) is 0 Å². The van der Waals surface area contributed by atoms with Gasteiger partial charge in [-0.3, -0.25) is 37.3 Å². The fourth-order valence-electron chi connectivity index (χ4n) is 11.1. The predicted molar refractivity (Wildman–Crippen MR) is 377 cm³/mol. The number of carbonyl (C=O) groups excluding carboxylic acids is 4. The van der Waals surface area contributed by atoms with Gasteiger partial charge in [0.1, 0.15) is 19.3 Å². The van der Waals surface area contributed by atoms with Gasteiger partial charge in [0.2, 0.25) is 0 Å². The van der Waals surface area contributed by atoms with E-state index in [4.69, 9.17) is 37.0 Å². The molecule has 0 amide bonds. The highest BCUT2D eigenvalue weighted by Crippen LogP contribution is 2.45. The smallest absolute Gasteiger partial charge is 0.462 e. The zero-order chi connectivity index (χ0) is 68.9. The third-order valence-corrected chi connectivity index (χ3v) is 19.7. The predicted octanol–water partition coefficient (Wildman–Crippen LogP) is 21.3. The Balaban J connectivity index is 5.23. The van der Waals surface area contributed by atoms with E-state index in [1.807, 2.05) is 0 Å². The van der Waals surface area contributed by atoms with E-state index >= 15 is 0 Å². The molecule has 0 heterocycles. The summed E-state index contributed by atoms with van der Waals surface area (Å²) in [6.45, 7) is 14.1. The molecular formula is C74H144O17P2. The van der Waals surface area contributed by atoms with Crippen molar-refractivity contribution in [3.63, 3.8) is 0 Å². The van der Waals surface area contributed by atoms with E-state index in [-0.39, 0.29) is 25.7 Å². The molecule has 552 valence electrons. The number of unbranched alkanes of at least 4 members (excludes halogenated alkanes) is 35. The molecule has 3 N–H and O–H groups in total. The third kappa shape index (κ3) is 65.8. The number of ether oxygens (including phenoxy) is 4. The molecule has 0 radical (unpaired) electrons. The lowest BCUT2D eigenvalue weighted by Crippen LogP contribution is -2.30. The van der Waals surface area contributed by atoms with E-state index in [1.165, 1.54) is 167 Å². The van der Waals surface area contributed by atoms with E-state index < -0.39 is 97.5 Å². The van der Waals surface area contributed by atoms with Crippen LogP contribution in [-0.2, 0) is 65.4 Å². The van der Waals surface area contributed by atoms with Crippen molar-refractivity contribution in [2.45, 2.75) is 388 Å². The summed E-state index contributed by atoms with van der Waals surface area (Å²) in [5.41, 5.74) is 0. The first-order chi connectivity index (χ1) is 44.7. The van der Waals surface area contributed by atoms with Crippen LogP contribution in [0.4, 0.5) is 0 Å². The van der Waals surface area contributed by atoms with Crippen LogP contribution in [0, 0.1) is 23.7 Å². The Labute approximate surface area is 568 Å². The van der Waals surface area contributed by atoms with Crippen LogP contribution in [0.15, 0.2) is 0 Å². The Morgan fingerprint density at radius 2 is 0.516 bits per heavy atom. The highest BCUT2D eigenvalue weighted by atomic mass is 31.2. The normalized spacial score (nSPS) is 14.8. The van der Waals surface area contributed by atoms with Gasteiger partial charge in [-0.2, -0.15) is 0 Å². The summed E-state index contributed by atoms with van der Waals surface area (Å²) in [5.74, 6) is 0.908. The standard InChI is InChI=1S/C74H144O17P2/c1-9-66(7)52-44-36-27-23-19-15-11-12-16-21-25-29-40-48-56-73(78)90-69(60-84-71(76)54-46-38-28-24-20-17-13-14-18-22-26-34-42-50-64(3)4)62-88-92(80,81)86-58-68(75)59-87-93(82,83)89-63-70(61-85-72(77)55-47-39-32-30-35-43-51-65(5)6)91-74(79)57-49-41-33-31-37-45-53-67(8)10-2/h64-70,75H,9-63H2,1-8H3,(H,80,81)(H,82,83)/t66?,67?,68-,69-,70-/m1/s1. The number of carbonyl (C=O) groups is 4. The van der Waals surface area contributed by atoms with Crippen LogP contribution in [-0.4, -0.2) is 96.7 Å². The van der Waals surface area contributed by atoms with Gasteiger partial charge in [-0.25, -0.2) is 9.13 Å². The third-order valence-electron chi connectivity index (χ3n) is 17.8. The second kappa shape index (κ2) is 63.5. The minimum atomic E-state index is -4.96. The second-order valence-corrected chi connectivity index (χ2v) is 31.0. The summed E-state index contributed by atoms with van der Waals surface area (Å²) >= 11 is 0. The number of hydrogen-bond donors (Lipinski definition) is 3. The molecule has 0 aromatic carbocycles. The molecule has 0 aromatic heterocycles. The molecule has 0 rings (SSSR count). The van der Waals surface area contributed by atoms with Gasteiger partial charge >= 0.3 is 39.5 Å². The van der Waals surface area contributed by atoms with Gasteiger partial charge < -0.3 is 33.8 Å². The molecule has 0 aliphatic carbocycles. The van der Waals surface area contributed by atoms with Gasteiger partial charge in [-0.15, -0.1) is 0 Å². The Morgan fingerprint density at radius 1 is 0.301 bits per heavy atom. The minimum Gasteiger partial charge on any atom is -0.462 e. The molecule has 0 aliphatic rings. The number of aliphatic hydroxyl groups is 1. The lowest BCUT2D eigenvalue weighted by Gasteiger charge is -2.21. The topological polar surface area (TPSA) is 237 Å². The van der Waals surface area contributed by atoms with E-state index in [0.29, 0.717) is 31.6 Å². The largest absolute Gasteiger partial charge is 0.472 e. The number of aliphatic hydroxyl groups excluding tert-OH is 1. The first kappa shape index (κ1) is 91.1. The second-order valence-electron chi connectivity index (χ2n) is 28.1. The quantitative estimate of drug-likeness (QED) is 0.0222. The lowest BCUT2D eigenvalue weighted by molar-refractivity contribution is -0.161. The van der Waals surface area contributed by atoms with Crippen LogP contribution in [0.5, 0.6) is 0 Å². The van der Waals surface area contributed by atoms with Crippen LogP contribution in [0.3, 0.4) is 0 Å². The van der Waals surface area contributed by atoms with Gasteiger partial charge in [0, 0.05) is 25.7 Å². The summed E-state index contributed by atoms with van der Waals surface area (Å²) in [5, 5.41) is 10.6. The van der Waals surface area contributed by atoms with Gasteiger partial charge in [0.25, 0.3) is 0 Å². The average molecular weight is 1370 g/mol. The molecule has 93 heavy (non-hydrogen) atoms. The summed E-state index contributed by atoms with van der Waals surface area (Å²) in [4.78, 5) is 72.6. The first-order valence-corrected chi connectivity index (χ1v) is 41.3. The summed E-state index contributed by atoms with van der Waals surface area (Å²) in [6, 6.07) is 0. The maximum absolute atomic E-state index is 13.1. The van der Waals surface area contributed by atoms with Gasteiger partial charge in [-0.1, -0.05) is 319 Å². The molecule has 19 heteroatoms. The number of esters is 4. The SMILES string of the molecule is CCC(C)CCCCCCCCCCCCCCCCC(=O)O[C@H](COC(=O)CCCCCCCCCCCCCCCC(C)C)COP(=O)(O)OC[C@@H](O)COP(=O)(O)OC[C@@H](COC(=O)CCCCCCCCC(C)C)OC(=O)CCCCCCCCC(C)CC. The van der Waals surface area contributed by atoms with Crippen molar-refractivity contribution in [3.05, 3.63) is 0 Å². The van der Waals surface area contributed by atoms with E-state index in [9.17, 15) is 43.2 Å². The van der Waals surface area contributed by atoms with Crippen molar-refractivity contribution < 1.29 is 80.2 Å². The van der Waals surface area contributed by atoms with Crippen molar-refractivity contribution in [1.29, 1.82) is 0 Å². The fraction of sp³-hybridized carbons (Fsp3) is 0.946. The molecule has 7 atom stereocenters. The van der Waals surface area contributed by atoms with Crippen molar-refractivity contribution in [2.75, 3.05) is 39.6 Å². The molecule has 0 saturated heterocycles. The number of rotatable bonds is 71. The molecule has 17 nitrogen and oxygen atoms in total. The molecule has 0 saturated carbocycles. The summed E-state index contributed by atoms with van der Waals surface area (Å²) in [7, 11) is -9.91. The van der Waals surface area contributed by atoms with Crippen LogP contribution < -0.4 is 0 Å². The van der Waals surface area contributed by atoms with Crippen molar-refractivity contribution in [1.82, 2.24) is 0 Å². The maximum Gasteiger partial charge on any atom is 0.472 e. The average Bonchev–Trinajstić information content (AvgIpc) is 3.52. The van der Waals surface area contributed by atoms with E-state index in [2.05, 4.69) is 55.4 Å². The highest BCUT2D eigenvalue weighted by Gasteiger charge is 2.30. The Morgan fingerprint density at radius 3 is 0.763 bits per heavy atom. The van der Waals surface area contributed by atoms with Gasteiger partial charge in [-0.05, 0) is 49.4 Å². The molecule has 0 aromatic rings. The van der Waals surface area contributed by atoms with E-state index in [0.717, 1.165) is 114 Å². The van der Waals surface area contributed by atoms with Crippen LogP contribution >= 0.6 is 15.6 Å².